The monoisotopic (exact) mass is 399 g/mol. The number of amidine groups is 1. The maximum atomic E-state index is 12.9. The van der Waals surface area contributed by atoms with E-state index in [1.165, 1.54) is 11.8 Å². The van der Waals surface area contributed by atoms with Gasteiger partial charge in [-0.05, 0) is 29.7 Å². The number of nitrogens with zero attached hydrogens (tertiary/aromatic N) is 3. The number of benzene rings is 2. The summed E-state index contributed by atoms with van der Waals surface area (Å²) in [6.45, 7) is 2.65. The Morgan fingerprint density at radius 2 is 1.89 bits per heavy atom. The number of hydrogen-bond donors (Lipinski definition) is 0. The van der Waals surface area contributed by atoms with Crippen molar-refractivity contribution in [2.45, 2.75) is 38.0 Å². The summed E-state index contributed by atoms with van der Waals surface area (Å²) in [6, 6.07) is 17.4. The van der Waals surface area contributed by atoms with Gasteiger partial charge in [-0.25, -0.2) is 0 Å². The van der Waals surface area contributed by atoms with E-state index in [1.807, 2.05) is 54.6 Å². The molecule has 140 valence electrons. The van der Waals surface area contributed by atoms with Crippen molar-refractivity contribution in [1.82, 2.24) is 4.90 Å². The Bertz CT molecular complexity index is 821. The maximum Gasteiger partial charge on any atom is 0.242 e. The Kier molecular flexibility index (Phi) is 7.07. The second-order valence-electron chi connectivity index (χ2n) is 6.34. The summed E-state index contributed by atoms with van der Waals surface area (Å²) in [4.78, 5) is 14.6. The van der Waals surface area contributed by atoms with Crippen LogP contribution in [0.3, 0.4) is 0 Å². The van der Waals surface area contributed by atoms with Crippen molar-refractivity contribution in [2.75, 3.05) is 0 Å². The Morgan fingerprint density at radius 1 is 1.15 bits per heavy atom. The predicted molar refractivity (Wildman–Crippen MR) is 114 cm³/mol. The molecule has 2 aromatic carbocycles. The van der Waals surface area contributed by atoms with Crippen LogP contribution in [0.1, 0.15) is 37.3 Å². The summed E-state index contributed by atoms with van der Waals surface area (Å²) in [5.41, 5.74) is 1.99. The number of carbonyl (C=O) groups excluding carboxylic acids is 1. The van der Waals surface area contributed by atoms with Gasteiger partial charge in [0.2, 0.25) is 5.91 Å². The average molecular weight is 400 g/mol. The van der Waals surface area contributed by atoms with Crippen LogP contribution in [-0.4, -0.2) is 27.4 Å². The molecule has 3 rings (SSSR count). The van der Waals surface area contributed by atoms with Crippen molar-refractivity contribution in [3.05, 3.63) is 70.7 Å². The lowest BCUT2D eigenvalue weighted by Gasteiger charge is -2.15. The Hall–Kier alpha value is -2.11. The Morgan fingerprint density at radius 3 is 2.59 bits per heavy atom. The summed E-state index contributed by atoms with van der Waals surface area (Å²) in [7, 11) is 0. The molecule has 0 N–H and O–H groups in total. The second kappa shape index (κ2) is 9.72. The van der Waals surface area contributed by atoms with Gasteiger partial charge in [0.05, 0.1) is 18.0 Å². The van der Waals surface area contributed by atoms with E-state index in [1.54, 1.807) is 11.1 Å². The van der Waals surface area contributed by atoms with E-state index in [0.29, 0.717) is 16.7 Å². The topological polar surface area (TPSA) is 45.0 Å². The van der Waals surface area contributed by atoms with Crippen LogP contribution in [0.5, 0.6) is 0 Å². The van der Waals surface area contributed by atoms with Crippen LogP contribution in [0.2, 0.25) is 5.02 Å². The third-order valence-corrected chi connectivity index (χ3v) is 5.73. The first-order chi connectivity index (χ1) is 13.2. The smallest absolute Gasteiger partial charge is 0.242 e. The highest BCUT2D eigenvalue weighted by atomic mass is 35.5. The van der Waals surface area contributed by atoms with Crippen LogP contribution in [-0.2, 0) is 11.3 Å². The molecule has 1 fully saturated rings. The van der Waals surface area contributed by atoms with Gasteiger partial charge in [-0.15, -0.1) is 5.10 Å². The highest BCUT2D eigenvalue weighted by Crippen LogP contribution is 2.32. The SMILES string of the molecule is CCCC[C@@H]1S/C(=N\N=C/c2ccc(Cl)cc2)N(Cc2ccccc2)C1=O. The zero-order valence-corrected chi connectivity index (χ0v) is 16.8. The third kappa shape index (κ3) is 5.44. The zero-order valence-electron chi connectivity index (χ0n) is 15.2. The Labute approximate surface area is 169 Å². The molecule has 0 saturated carbocycles. The van der Waals surface area contributed by atoms with Gasteiger partial charge in [0, 0.05) is 5.02 Å². The minimum Gasteiger partial charge on any atom is -0.284 e. The van der Waals surface area contributed by atoms with E-state index < -0.39 is 0 Å². The van der Waals surface area contributed by atoms with Crippen LogP contribution in [0, 0.1) is 0 Å². The third-order valence-electron chi connectivity index (χ3n) is 4.24. The van der Waals surface area contributed by atoms with Gasteiger partial charge in [-0.3, -0.25) is 9.69 Å². The van der Waals surface area contributed by atoms with Crippen LogP contribution in [0.15, 0.2) is 64.8 Å². The normalized spacial score (nSPS) is 18.7. The molecule has 6 heteroatoms. The molecule has 2 aromatic rings. The lowest BCUT2D eigenvalue weighted by atomic mass is 10.1. The fourth-order valence-electron chi connectivity index (χ4n) is 2.76. The van der Waals surface area contributed by atoms with Crippen LogP contribution < -0.4 is 0 Å². The molecule has 27 heavy (non-hydrogen) atoms. The zero-order chi connectivity index (χ0) is 19.1. The molecule has 1 atom stereocenters. The van der Waals surface area contributed by atoms with E-state index in [4.69, 9.17) is 11.6 Å². The number of hydrogen-bond acceptors (Lipinski definition) is 4. The lowest BCUT2D eigenvalue weighted by Crippen LogP contribution is -2.31. The summed E-state index contributed by atoms with van der Waals surface area (Å²) < 4.78 is 0. The first kappa shape index (κ1) is 19.6. The van der Waals surface area contributed by atoms with Crippen molar-refractivity contribution in [3.63, 3.8) is 0 Å². The summed E-state index contributed by atoms with van der Waals surface area (Å²) in [5, 5.41) is 9.82. The van der Waals surface area contributed by atoms with E-state index in [0.717, 1.165) is 30.4 Å². The van der Waals surface area contributed by atoms with Gasteiger partial charge < -0.3 is 0 Å². The minimum atomic E-state index is -0.0712. The summed E-state index contributed by atoms with van der Waals surface area (Å²) in [6.07, 6.45) is 4.65. The second-order valence-corrected chi connectivity index (χ2v) is 7.94. The largest absolute Gasteiger partial charge is 0.284 e. The molecular weight excluding hydrogens is 378 g/mol. The molecule has 1 amide bonds. The lowest BCUT2D eigenvalue weighted by molar-refractivity contribution is -0.126. The molecule has 1 saturated heterocycles. The molecule has 0 radical (unpaired) electrons. The van der Waals surface area contributed by atoms with Crippen molar-refractivity contribution in [3.8, 4) is 0 Å². The molecule has 0 bridgehead atoms. The predicted octanol–water partition coefficient (Wildman–Crippen LogP) is 5.36. The quantitative estimate of drug-likeness (QED) is 0.464. The summed E-state index contributed by atoms with van der Waals surface area (Å²) in [5.74, 6) is 0.123. The Balaban J connectivity index is 1.77. The molecule has 1 aliphatic rings. The number of unbranched alkanes of at least 4 members (excludes halogenated alkanes) is 1. The molecular formula is C21H22ClN3OS. The first-order valence-corrected chi connectivity index (χ1v) is 10.3. The van der Waals surface area contributed by atoms with Crippen LogP contribution in [0.25, 0.3) is 0 Å². The fraction of sp³-hybridized carbons (Fsp3) is 0.286. The average Bonchev–Trinajstić information content (AvgIpc) is 2.98. The van der Waals surface area contributed by atoms with Gasteiger partial charge >= 0.3 is 0 Å². The van der Waals surface area contributed by atoms with Gasteiger partial charge in [-0.1, -0.05) is 85.6 Å². The minimum absolute atomic E-state index is 0.0712. The number of carbonyl (C=O) groups is 1. The van der Waals surface area contributed by atoms with E-state index in [-0.39, 0.29) is 11.2 Å². The van der Waals surface area contributed by atoms with E-state index >= 15 is 0 Å². The van der Waals surface area contributed by atoms with Gasteiger partial charge in [0.1, 0.15) is 0 Å². The molecule has 0 aromatic heterocycles. The van der Waals surface area contributed by atoms with Gasteiger partial charge in [-0.2, -0.15) is 5.10 Å². The van der Waals surface area contributed by atoms with Crippen molar-refractivity contribution >= 4 is 40.7 Å². The van der Waals surface area contributed by atoms with E-state index in [2.05, 4.69) is 17.1 Å². The van der Waals surface area contributed by atoms with E-state index in [9.17, 15) is 4.79 Å². The highest BCUT2D eigenvalue weighted by molar-refractivity contribution is 8.15. The molecule has 4 nitrogen and oxygen atoms in total. The van der Waals surface area contributed by atoms with Crippen molar-refractivity contribution in [2.24, 2.45) is 10.2 Å². The highest BCUT2D eigenvalue weighted by Gasteiger charge is 2.37. The molecule has 1 aliphatic heterocycles. The van der Waals surface area contributed by atoms with Gasteiger partial charge in [0.25, 0.3) is 0 Å². The molecule has 0 aliphatic carbocycles. The number of amides is 1. The molecule has 0 spiro atoms. The molecule has 1 heterocycles. The summed E-state index contributed by atoms with van der Waals surface area (Å²) >= 11 is 7.41. The fourth-order valence-corrected chi connectivity index (χ4v) is 4.03. The maximum absolute atomic E-state index is 12.9. The molecule has 0 unspecified atom stereocenters. The number of thioether (sulfide) groups is 1. The van der Waals surface area contributed by atoms with Crippen molar-refractivity contribution < 1.29 is 4.79 Å². The first-order valence-electron chi connectivity index (χ1n) is 9.06. The standard InChI is InChI=1S/C21H22ClN3OS/c1-2-3-9-19-20(26)25(15-17-7-5-4-6-8-17)21(27-19)24-23-14-16-10-12-18(22)13-11-16/h4-8,10-14,19H,2-3,9,15H2,1H3/b23-14-,24-21-/t19-/m0/s1. The van der Waals surface area contributed by atoms with Crippen molar-refractivity contribution in [1.29, 1.82) is 0 Å². The van der Waals surface area contributed by atoms with Gasteiger partial charge in [0.15, 0.2) is 5.17 Å². The number of halogens is 1. The van der Waals surface area contributed by atoms with Crippen LogP contribution >= 0.6 is 23.4 Å². The van der Waals surface area contributed by atoms with Crippen LogP contribution in [0.4, 0.5) is 0 Å². The number of rotatable bonds is 7.